The minimum Gasteiger partial charge on any atom is -0.444 e. The van der Waals surface area contributed by atoms with Crippen LogP contribution in [-0.4, -0.2) is 11.8 Å². The van der Waals surface area contributed by atoms with Crippen molar-refractivity contribution in [3.63, 3.8) is 0 Å². The number of hydrogen-bond donors (Lipinski definition) is 1. The minimum absolute atomic E-state index is 0.218. The van der Waals surface area contributed by atoms with Crippen LogP contribution in [0.4, 0.5) is 9.80 Å². The molecule has 0 aliphatic carbocycles. The summed E-state index contributed by atoms with van der Waals surface area (Å²) in [5.41, 5.74) is 2.61. The molecule has 3 rings (SSSR count). The van der Waals surface area contributed by atoms with Gasteiger partial charge in [0, 0.05) is 10.6 Å². The van der Waals surface area contributed by atoms with Gasteiger partial charge in [-0.1, -0.05) is 30.3 Å². The molecule has 1 aromatic heterocycles. The SMILES string of the molecule is N#Cc1c(NC(=O)OCc2ccccc2)sc2c1CCSC2. The average Bonchev–Trinajstić information content (AvgIpc) is 2.91. The molecule has 0 spiro atoms. The molecule has 2 aromatic rings. The second-order valence-corrected chi connectivity index (χ2v) is 7.02. The summed E-state index contributed by atoms with van der Waals surface area (Å²) in [5.74, 6) is 1.94. The van der Waals surface area contributed by atoms with Gasteiger partial charge in [-0.3, -0.25) is 5.32 Å². The summed E-state index contributed by atoms with van der Waals surface area (Å²) >= 11 is 3.33. The molecule has 6 heteroatoms. The Labute approximate surface area is 137 Å². The van der Waals surface area contributed by atoms with Gasteiger partial charge < -0.3 is 4.74 Å². The summed E-state index contributed by atoms with van der Waals surface area (Å²) in [6, 6.07) is 11.7. The lowest BCUT2D eigenvalue weighted by Crippen LogP contribution is -2.13. The number of nitrogens with zero attached hydrogens (tertiary/aromatic N) is 1. The summed E-state index contributed by atoms with van der Waals surface area (Å²) in [5, 5.41) is 12.7. The normalized spacial score (nSPS) is 13.0. The van der Waals surface area contributed by atoms with E-state index in [0.29, 0.717) is 10.6 Å². The van der Waals surface area contributed by atoms with Crippen molar-refractivity contribution in [3.05, 3.63) is 51.9 Å². The van der Waals surface area contributed by atoms with Gasteiger partial charge in [0.15, 0.2) is 0 Å². The first-order valence-corrected chi connectivity index (χ1v) is 8.85. The Morgan fingerprint density at radius 1 is 1.36 bits per heavy atom. The van der Waals surface area contributed by atoms with Gasteiger partial charge in [-0.25, -0.2) is 4.79 Å². The number of carbonyl (C=O) groups is 1. The molecule has 22 heavy (non-hydrogen) atoms. The molecule has 0 saturated heterocycles. The first kappa shape index (κ1) is 14.9. The third-order valence-electron chi connectivity index (χ3n) is 3.36. The quantitative estimate of drug-likeness (QED) is 0.918. The molecule has 0 saturated carbocycles. The largest absolute Gasteiger partial charge is 0.444 e. The fraction of sp³-hybridized carbons (Fsp3) is 0.250. The number of amides is 1. The summed E-state index contributed by atoms with van der Waals surface area (Å²) < 4.78 is 5.21. The smallest absolute Gasteiger partial charge is 0.412 e. The van der Waals surface area contributed by atoms with Gasteiger partial charge in [0.1, 0.15) is 17.7 Å². The summed E-state index contributed by atoms with van der Waals surface area (Å²) in [6.45, 7) is 0.218. The summed E-state index contributed by atoms with van der Waals surface area (Å²) in [6.07, 6.45) is 0.367. The highest BCUT2D eigenvalue weighted by molar-refractivity contribution is 7.98. The van der Waals surface area contributed by atoms with Crippen LogP contribution in [0.5, 0.6) is 0 Å². The van der Waals surface area contributed by atoms with Crippen molar-refractivity contribution in [2.45, 2.75) is 18.8 Å². The van der Waals surface area contributed by atoms with E-state index in [2.05, 4.69) is 11.4 Å². The van der Waals surface area contributed by atoms with E-state index in [1.807, 2.05) is 42.1 Å². The van der Waals surface area contributed by atoms with Crippen LogP contribution in [0, 0.1) is 11.3 Å². The van der Waals surface area contributed by atoms with E-state index < -0.39 is 6.09 Å². The highest BCUT2D eigenvalue weighted by Crippen LogP contribution is 2.38. The second-order valence-electron chi connectivity index (χ2n) is 4.81. The lowest BCUT2D eigenvalue weighted by atomic mass is 10.1. The van der Waals surface area contributed by atoms with Gasteiger partial charge in [0.2, 0.25) is 0 Å². The maximum absolute atomic E-state index is 11.9. The molecule has 0 radical (unpaired) electrons. The van der Waals surface area contributed by atoms with Crippen molar-refractivity contribution in [1.82, 2.24) is 0 Å². The molecule has 0 unspecified atom stereocenters. The van der Waals surface area contributed by atoms with E-state index in [1.165, 1.54) is 16.2 Å². The van der Waals surface area contributed by atoms with Crippen molar-refractivity contribution < 1.29 is 9.53 Å². The first-order chi connectivity index (χ1) is 10.8. The predicted octanol–water partition coefficient (Wildman–Crippen LogP) is 4.16. The highest BCUT2D eigenvalue weighted by atomic mass is 32.2. The fourth-order valence-electron chi connectivity index (χ4n) is 2.29. The Kier molecular flexibility index (Phi) is 4.66. The Balaban J connectivity index is 1.67. The zero-order chi connectivity index (χ0) is 15.4. The third-order valence-corrected chi connectivity index (χ3v) is 5.68. The molecule has 1 aliphatic rings. The van der Waals surface area contributed by atoms with Gasteiger partial charge in [-0.2, -0.15) is 17.0 Å². The van der Waals surface area contributed by atoms with Crippen LogP contribution in [0.3, 0.4) is 0 Å². The van der Waals surface area contributed by atoms with Gasteiger partial charge in [0.05, 0.1) is 5.56 Å². The first-order valence-electron chi connectivity index (χ1n) is 6.88. The Morgan fingerprint density at radius 2 is 2.18 bits per heavy atom. The Bertz CT molecular complexity index is 720. The van der Waals surface area contributed by atoms with Crippen LogP contribution in [0.1, 0.15) is 21.6 Å². The second kappa shape index (κ2) is 6.86. The predicted molar refractivity (Wildman–Crippen MR) is 89.1 cm³/mol. The number of carbonyl (C=O) groups excluding carboxylic acids is 1. The third kappa shape index (κ3) is 3.26. The molecular weight excluding hydrogens is 316 g/mol. The topological polar surface area (TPSA) is 62.1 Å². The number of anilines is 1. The molecular formula is C16H14N2O2S2. The molecule has 2 heterocycles. The van der Waals surface area contributed by atoms with Gasteiger partial charge in [-0.05, 0) is 23.3 Å². The molecule has 0 atom stereocenters. The standard InChI is InChI=1S/C16H14N2O2S2/c17-8-13-12-6-7-21-10-14(12)22-15(13)18-16(19)20-9-11-4-2-1-3-5-11/h1-5H,6-7,9-10H2,(H,18,19). The highest BCUT2D eigenvalue weighted by Gasteiger charge is 2.22. The minimum atomic E-state index is -0.522. The summed E-state index contributed by atoms with van der Waals surface area (Å²) in [7, 11) is 0. The van der Waals surface area contributed by atoms with Gasteiger partial charge in [-0.15, -0.1) is 11.3 Å². The maximum Gasteiger partial charge on any atom is 0.412 e. The number of hydrogen-bond acceptors (Lipinski definition) is 5. The van der Waals surface area contributed by atoms with Crippen LogP contribution < -0.4 is 5.32 Å². The lowest BCUT2D eigenvalue weighted by molar-refractivity contribution is 0.155. The molecule has 112 valence electrons. The van der Waals surface area contributed by atoms with Crippen LogP contribution >= 0.6 is 23.1 Å². The zero-order valence-electron chi connectivity index (χ0n) is 11.8. The number of ether oxygens (including phenoxy) is 1. The number of rotatable bonds is 3. The number of thioether (sulfide) groups is 1. The maximum atomic E-state index is 11.9. The number of nitriles is 1. The fourth-order valence-corrected chi connectivity index (χ4v) is 4.61. The van der Waals surface area contributed by atoms with Crippen molar-refractivity contribution in [2.24, 2.45) is 0 Å². The number of benzene rings is 1. The average molecular weight is 330 g/mol. The molecule has 1 N–H and O–H groups in total. The van der Waals surface area contributed by atoms with E-state index >= 15 is 0 Å². The van der Waals surface area contributed by atoms with Crippen molar-refractivity contribution in [2.75, 3.05) is 11.1 Å². The number of thiophene rings is 1. The molecule has 1 aromatic carbocycles. The van der Waals surface area contributed by atoms with E-state index in [1.54, 1.807) is 0 Å². The number of nitrogens with one attached hydrogen (secondary N) is 1. The molecule has 1 aliphatic heterocycles. The monoisotopic (exact) mass is 330 g/mol. The van der Waals surface area contributed by atoms with Crippen molar-refractivity contribution >= 4 is 34.2 Å². The summed E-state index contributed by atoms with van der Waals surface area (Å²) in [4.78, 5) is 13.1. The van der Waals surface area contributed by atoms with E-state index in [9.17, 15) is 10.1 Å². The van der Waals surface area contributed by atoms with Crippen molar-refractivity contribution in [3.8, 4) is 6.07 Å². The van der Waals surface area contributed by atoms with Crippen molar-refractivity contribution in [1.29, 1.82) is 5.26 Å². The van der Waals surface area contributed by atoms with E-state index in [4.69, 9.17) is 4.74 Å². The van der Waals surface area contributed by atoms with Gasteiger partial charge >= 0.3 is 6.09 Å². The molecule has 4 nitrogen and oxygen atoms in total. The Morgan fingerprint density at radius 3 is 2.95 bits per heavy atom. The Hall–Kier alpha value is -1.97. The van der Waals surface area contributed by atoms with Crippen LogP contribution in [-0.2, 0) is 23.5 Å². The van der Waals surface area contributed by atoms with Crippen LogP contribution in [0.15, 0.2) is 30.3 Å². The molecule has 0 fully saturated rings. The van der Waals surface area contributed by atoms with Crippen LogP contribution in [0.2, 0.25) is 0 Å². The van der Waals surface area contributed by atoms with Crippen LogP contribution in [0.25, 0.3) is 0 Å². The zero-order valence-corrected chi connectivity index (χ0v) is 13.4. The van der Waals surface area contributed by atoms with E-state index in [0.717, 1.165) is 29.1 Å². The van der Waals surface area contributed by atoms with Gasteiger partial charge in [0.25, 0.3) is 0 Å². The molecule has 1 amide bonds. The lowest BCUT2D eigenvalue weighted by Gasteiger charge is -2.09. The van der Waals surface area contributed by atoms with E-state index in [-0.39, 0.29) is 6.61 Å². The number of fused-ring (bicyclic) bond motifs is 1. The molecule has 0 bridgehead atoms.